The highest BCUT2D eigenvalue weighted by molar-refractivity contribution is 5.83. The van der Waals surface area contributed by atoms with Gasteiger partial charge in [0.25, 0.3) is 0 Å². The summed E-state index contributed by atoms with van der Waals surface area (Å²) < 4.78 is 7.84. The minimum Gasteiger partial charge on any atom is -0.379 e. The lowest BCUT2D eigenvalue weighted by Gasteiger charge is -2.23. The predicted octanol–water partition coefficient (Wildman–Crippen LogP) is 3.18. The summed E-state index contributed by atoms with van der Waals surface area (Å²) in [4.78, 5) is 0. The van der Waals surface area contributed by atoms with Crippen molar-refractivity contribution in [1.29, 1.82) is 0 Å². The highest BCUT2D eigenvalue weighted by Crippen LogP contribution is 2.22. The van der Waals surface area contributed by atoms with Gasteiger partial charge in [0.05, 0.1) is 11.1 Å². The monoisotopic (exact) mass is 260 g/mol. The lowest BCUT2D eigenvalue weighted by Crippen LogP contribution is -2.24. The molecule has 19 heavy (non-hydrogen) atoms. The number of rotatable bonds is 6. The molecule has 0 saturated carbocycles. The Bertz CT molecular complexity index is 543. The summed E-state index contributed by atoms with van der Waals surface area (Å²) in [7, 11) is 3.76. The number of aryl methyl sites for hydroxylation is 1. The summed E-state index contributed by atoms with van der Waals surface area (Å²) in [6.07, 6.45) is 3.18. The number of hydrogen-bond donors (Lipinski definition) is 1. The summed E-state index contributed by atoms with van der Waals surface area (Å²) in [6, 6.07) is 8.68. The predicted molar refractivity (Wildman–Crippen MR) is 80.4 cm³/mol. The summed E-state index contributed by atoms with van der Waals surface area (Å²) >= 11 is 0. The third kappa shape index (κ3) is 3.17. The second-order valence-corrected chi connectivity index (χ2v) is 5.61. The zero-order valence-corrected chi connectivity index (χ0v) is 12.4. The van der Waals surface area contributed by atoms with Crippen LogP contribution < -0.4 is 5.32 Å². The number of aromatic nitrogens is 1. The molecule has 3 nitrogen and oxygen atoms in total. The van der Waals surface area contributed by atoms with Crippen LogP contribution in [0.5, 0.6) is 0 Å². The molecule has 0 radical (unpaired) electrons. The zero-order valence-electron chi connectivity index (χ0n) is 12.4. The molecule has 0 unspecified atom stereocenters. The normalized spacial score (nSPS) is 12.2. The van der Waals surface area contributed by atoms with Crippen LogP contribution in [0.1, 0.15) is 25.8 Å². The number of methoxy groups -OCH3 is 1. The minimum absolute atomic E-state index is 0.0749. The number of fused-ring (bicyclic) bond motifs is 1. The van der Waals surface area contributed by atoms with Crippen LogP contribution in [0.25, 0.3) is 10.9 Å². The molecule has 0 aliphatic rings. The molecular formula is C16H24N2O. The maximum atomic E-state index is 5.50. The maximum Gasteiger partial charge on any atom is 0.0639 e. The van der Waals surface area contributed by atoms with Crippen molar-refractivity contribution in [3.05, 3.63) is 36.0 Å². The Morgan fingerprint density at radius 3 is 2.74 bits per heavy atom. The molecule has 0 fully saturated rings. The van der Waals surface area contributed by atoms with Crippen molar-refractivity contribution >= 4 is 10.9 Å². The quantitative estimate of drug-likeness (QED) is 0.863. The fraction of sp³-hybridized carbons (Fsp3) is 0.500. The van der Waals surface area contributed by atoms with E-state index in [4.69, 9.17) is 4.74 Å². The van der Waals surface area contributed by atoms with E-state index in [-0.39, 0.29) is 5.60 Å². The van der Waals surface area contributed by atoms with E-state index in [0.29, 0.717) is 0 Å². The van der Waals surface area contributed by atoms with Gasteiger partial charge in [-0.2, -0.15) is 0 Å². The van der Waals surface area contributed by atoms with Gasteiger partial charge in [-0.15, -0.1) is 0 Å². The Labute approximate surface area is 115 Å². The molecule has 2 aromatic rings. The Hall–Kier alpha value is -1.32. The smallest absolute Gasteiger partial charge is 0.0639 e. The van der Waals surface area contributed by atoms with E-state index >= 15 is 0 Å². The van der Waals surface area contributed by atoms with Crippen LogP contribution in [-0.4, -0.2) is 24.3 Å². The van der Waals surface area contributed by atoms with Crippen LogP contribution >= 0.6 is 0 Å². The first-order valence-corrected chi connectivity index (χ1v) is 6.84. The fourth-order valence-corrected chi connectivity index (χ4v) is 2.35. The Balaban J connectivity index is 2.28. The molecule has 1 aromatic carbocycles. The lowest BCUT2D eigenvalue weighted by atomic mass is 10.1. The molecule has 3 heteroatoms. The van der Waals surface area contributed by atoms with Gasteiger partial charge in [0.1, 0.15) is 0 Å². The molecule has 0 spiro atoms. The molecule has 1 heterocycles. The van der Waals surface area contributed by atoms with Crippen molar-refractivity contribution in [3.8, 4) is 0 Å². The molecular weight excluding hydrogens is 236 g/mol. The maximum absolute atomic E-state index is 5.50. The Morgan fingerprint density at radius 2 is 2.05 bits per heavy atom. The average Bonchev–Trinajstić information content (AvgIpc) is 2.81. The van der Waals surface area contributed by atoms with Crippen molar-refractivity contribution in [2.45, 2.75) is 39.0 Å². The first kappa shape index (κ1) is 14.1. The Morgan fingerprint density at radius 1 is 1.26 bits per heavy atom. The van der Waals surface area contributed by atoms with E-state index in [1.54, 1.807) is 7.11 Å². The summed E-state index contributed by atoms with van der Waals surface area (Å²) in [6.45, 7) is 6.14. The molecule has 0 aliphatic heterocycles. The number of nitrogens with zero attached hydrogens (tertiary/aromatic N) is 1. The molecule has 0 atom stereocenters. The number of hydrogen-bond acceptors (Lipinski definition) is 2. The molecule has 0 amide bonds. The van der Waals surface area contributed by atoms with Gasteiger partial charge in [-0.3, -0.25) is 0 Å². The van der Waals surface area contributed by atoms with E-state index in [0.717, 1.165) is 19.5 Å². The summed E-state index contributed by atoms with van der Waals surface area (Å²) in [5.74, 6) is 0. The van der Waals surface area contributed by atoms with Crippen LogP contribution in [0, 0.1) is 0 Å². The number of ether oxygens (including phenoxy) is 1. The largest absolute Gasteiger partial charge is 0.379 e. The SMILES string of the molecule is CNCc1cccc2ccn(CCC(C)(C)OC)c12. The third-order valence-electron chi connectivity index (χ3n) is 3.75. The fourth-order valence-electron chi connectivity index (χ4n) is 2.35. The summed E-state index contributed by atoms with van der Waals surface area (Å²) in [5.41, 5.74) is 2.61. The van der Waals surface area contributed by atoms with Crippen LogP contribution in [-0.2, 0) is 17.8 Å². The van der Waals surface area contributed by atoms with Crippen LogP contribution in [0.4, 0.5) is 0 Å². The van der Waals surface area contributed by atoms with Crippen LogP contribution in [0.15, 0.2) is 30.5 Å². The van der Waals surface area contributed by atoms with Gasteiger partial charge in [0.2, 0.25) is 0 Å². The third-order valence-corrected chi connectivity index (χ3v) is 3.75. The molecule has 1 N–H and O–H groups in total. The highest BCUT2D eigenvalue weighted by Gasteiger charge is 2.16. The van der Waals surface area contributed by atoms with Crippen molar-refractivity contribution in [2.24, 2.45) is 0 Å². The average molecular weight is 260 g/mol. The van der Waals surface area contributed by atoms with Gasteiger partial charge < -0.3 is 14.6 Å². The molecule has 0 aliphatic carbocycles. The highest BCUT2D eigenvalue weighted by atomic mass is 16.5. The van der Waals surface area contributed by atoms with Crippen molar-refractivity contribution in [2.75, 3.05) is 14.2 Å². The van der Waals surface area contributed by atoms with Gasteiger partial charge in [-0.25, -0.2) is 0 Å². The van der Waals surface area contributed by atoms with Gasteiger partial charge >= 0.3 is 0 Å². The van der Waals surface area contributed by atoms with Crippen molar-refractivity contribution in [3.63, 3.8) is 0 Å². The second-order valence-electron chi connectivity index (χ2n) is 5.61. The molecule has 0 bridgehead atoms. The molecule has 2 rings (SSSR count). The number of benzene rings is 1. The zero-order chi connectivity index (χ0) is 13.9. The molecule has 0 saturated heterocycles. The standard InChI is InChI=1S/C16H24N2O/c1-16(2,19-4)9-11-18-10-8-13-6-5-7-14(12-17-3)15(13)18/h5-8,10,17H,9,11-12H2,1-4H3. The van der Waals surface area contributed by atoms with Crippen molar-refractivity contribution in [1.82, 2.24) is 9.88 Å². The van der Waals surface area contributed by atoms with E-state index < -0.39 is 0 Å². The topological polar surface area (TPSA) is 26.2 Å². The number of para-hydroxylation sites is 1. The van der Waals surface area contributed by atoms with Crippen LogP contribution in [0.2, 0.25) is 0 Å². The van der Waals surface area contributed by atoms with Crippen molar-refractivity contribution < 1.29 is 4.74 Å². The van der Waals surface area contributed by atoms with Gasteiger partial charge in [0.15, 0.2) is 0 Å². The van der Waals surface area contributed by atoms with Gasteiger partial charge in [-0.05, 0) is 44.3 Å². The Kier molecular flexibility index (Phi) is 4.27. The minimum atomic E-state index is -0.0749. The molecule has 1 aromatic heterocycles. The van der Waals surface area contributed by atoms with E-state index in [9.17, 15) is 0 Å². The van der Waals surface area contributed by atoms with E-state index in [1.165, 1.54) is 16.5 Å². The first-order valence-electron chi connectivity index (χ1n) is 6.84. The molecule has 104 valence electrons. The summed E-state index contributed by atoms with van der Waals surface area (Å²) in [5, 5.41) is 4.55. The van der Waals surface area contributed by atoms with E-state index in [2.05, 4.69) is 54.2 Å². The second kappa shape index (κ2) is 5.76. The van der Waals surface area contributed by atoms with E-state index in [1.807, 2.05) is 7.05 Å². The van der Waals surface area contributed by atoms with Gasteiger partial charge in [-0.1, -0.05) is 18.2 Å². The number of nitrogens with one attached hydrogen (secondary N) is 1. The van der Waals surface area contributed by atoms with Gasteiger partial charge in [0, 0.05) is 26.4 Å². The lowest BCUT2D eigenvalue weighted by molar-refractivity contribution is 0.0123. The first-order chi connectivity index (χ1) is 9.07. The van der Waals surface area contributed by atoms with Crippen LogP contribution in [0.3, 0.4) is 0 Å².